The van der Waals surface area contributed by atoms with Crippen molar-refractivity contribution in [3.8, 4) is 39.6 Å². The van der Waals surface area contributed by atoms with Crippen molar-refractivity contribution in [2.75, 3.05) is 0 Å². The molecular weight excluding hydrogens is 587 g/mol. The van der Waals surface area contributed by atoms with Crippen molar-refractivity contribution in [1.82, 2.24) is 14.5 Å². The molecule has 0 spiro atoms. The zero-order valence-electron chi connectivity index (χ0n) is 25.8. The number of fused-ring (bicyclic) bond motifs is 8. The van der Waals surface area contributed by atoms with Crippen molar-refractivity contribution in [3.05, 3.63) is 164 Å². The van der Waals surface area contributed by atoms with E-state index in [1.54, 1.807) is 0 Å². The molecule has 0 radical (unpaired) electrons. The van der Waals surface area contributed by atoms with Crippen molar-refractivity contribution >= 4 is 54.5 Å². The lowest BCUT2D eigenvalue weighted by atomic mass is 10.0. The van der Waals surface area contributed by atoms with Gasteiger partial charge in [-0.25, -0.2) is 9.97 Å². The van der Waals surface area contributed by atoms with Crippen molar-refractivity contribution in [3.63, 3.8) is 0 Å². The van der Waals surface area contributed by atoms with Crippen molar-refractivity contribution in [2.45, 2.75) is 0 Å². The monoisotopic (exact) mass is 613 g/mol. The molecule has 0 aliphatic carbocycles. The van der Waals surface area contributed by atoms with Crippen LogP contribution < -0.4 is 0 Å². The Morgan fingerprint density at radius 3 is 1.96 bits per heavy atom. The zero-order chi connectivity index (χ0) is 31.6. The second-order valence-corrected chi connectivity index (χ2v) is 12.2. The van der Waals surface area contributed by atoms with E-state index in [9.17, 15) is 0 Å². The van der Waals surface area contributed by atoms with Gasteiger partial charge in [0.15, 0.2) is 5.82 Å². The van der Waals surface area contributed by atoms with Gasteiger partial charge in [0.25, 0.3) is 0 Å². The summed E-state index contributed by atoms with van der Waals surface area (Å²) < 4.78 is 9.32. The highest BCUT2D eigenvalue weighted by Gasteiger charge is 2.21. The molecular formula is C44H27N3O. The molecule has 0 saturated heterocycles. The predicted molar refractivity (Wildman–Crippen MR) is 197 cm³/mol. The van der Waals surface area contributed by atoms with Crippen LogP contribution in [0.5, 0.6) is 0 Å². The Morgan fingerprint density at radius 1 is 0.438 bits per heavy atom. The normalized spacial score (nSPS) is 11.8. The van der Waals surface area contributed by atoms with E-state index in [2.05, 4.69) is 150 Å². The second kappa shape index (κ2) is 10.5. The first kappa shape index (κ1) is 26.7. The predicted octanol–water partition coefficient (Wildman–Crippen LogP) is 11.6. The van der Waals surface area contributed by atoms with Crippen molar-refractivity contribution in [1.29, 1.82) is 0 Å². The summed E-state index contributed by atoms with van der Waals surface area (Å²) in [4.78, 5) is 10.4. The van der Waals surface area contributed by atoms with E-state index in [0.717, 1.165) is 88.3 Å². The molecule has 7 aromatic carbocycles. The molecule has 48 heavy (non-hydrogen) atoms. The first-order chi connectivity index (χ1) is 23.8. The number of benzene rings is 7. The lowest BCUT2D eigenvalue weighted by molar-refractivity contribution is 0.674. The Kier molecular flexibility index (Phi) is 5.84. The Bertz CT molecular complexity index is 2830. The fourth-order valence-corrected chi connectivity index (χ4v) is 7.25. The molecule has 3 aromatic heterocycles. The van der Waals surface area contributed by atoms with Crippen LogP contribution in [0, 0.1) is 0 Å². The Labute approximate surface area is 276 Å². The largest absolute Gasteiger partial charge is 0.455 e. The smallest absolute Gasteiger partial charge is 0.161 e. The summed E-state index contributed by atoms with van der Waals surface area (Å²) in [6.07, 6.45) is 0. The van der Waals surface area contributed by atoms with Gasteiger partial charge in [-0.05, 0) is 53.2 Å². The van der Waals surface area contributed by atoms with Crippen LogP contribution in [0.4, 0.5) is 0 Å². The minimum absolute atomic E-state index is 0.685. The molecule has 10 aromatic rings. The molecule has 10 rings (SSSR count). The van der Waals surface area contributed by atoms with Crippen LogP contribution >= 0.6 is 0 Å². The maximum atomic E-state index is 7.00. The lowest BCUT2D eigenvalue weighted by Gasteiger charge is -2.11. The van der Waals surface area contributed by atoms with E-state index >= 15 is 0 Å². The Morgan fingerprint density at radius 2 is 1.08 bits per heavy atom. The van der Waals surface area contributed by atoms with Gasteiger partial charge in [-0.1, -0.05) is 121 Å². The maximum Gasteiger partial charge on any atom is 0.161 e. The van der Waals surface area contributed by atoms with E-state index in [4.69, 9.17) is 14.4 Å². The van der Waals surface area contributed by atoms with Crippen LogP contribution in [0.3, 0.4) is 0 Å². The summed E-state index contributed by atoms with van der Waals surface area (Å²) >= 11 is 0. The van der Waals surface area contributed by atoms with E-state index in [1.165, 1.54) is 0 Å². The van der Waals surface area contributed by atoms with Crippen LogP contribution in [0.15, 0.2) is 168 Å². The standard InChI is InChI=1S/C44H27N3O/c1-3-14-29(15-4-1)37-27-38(46-44(45-37)34-22-11-16-28-13-7-8-19-31(28)34)35-23-12-21-32-33-25-26-40-41(43(33)48-42(32)35)36-20-9-10-24-39(36)47(40)30-17-5-2-6-18-30/h1-27H. The van der Waals surface area contributed by atoms with Gasteiger partial charge < -0.3 is 8.98 Å². The SMILES string of the molecule is c1ccc(-c2cc(-c3cccc4c3oc3c4ccc4c3c3ccccc3n4-c3ccccc3)nc(-c3cccc4ccccc34)n2)cc1. The van der Waals surface area contributed by atoms with Gasteiger partial charge in [-0.15, -0.1) is 0 Å². The lowest BCUT2D eigenvalue weighted by Crippen LogP contribution is -1.96. The number of hydrogen-bond donors (Lipinski definition) is 0. The zero-order valence-corrected chi connectivity index (χ0v) is 25.8. The molecule has 0 bridgehead atoms. The summed E-state index contributed by atoms with van der Waals surface area (Å²) in [5.74, 6) is 0.685. The van der Waals surface area contributed by atoms with E-state index in [1.807, 2.05) is 18.2 Å². The van der Waals surface area contributed by atoms with Gasteiger partial charge in [0.1, 0.15) is 11.2 Å². The highest BCUT2D eigenvalue weighted by Crippen LogP contribution is 2.43. The minimum atomic E-state index is 0.685. The number of hydrogen-bond acceptors (Lipinski definition) is 3. The average Bonchev–Trinajstić information content (AvgIpc) is 3.71. The van der Waals surface area contributed by atoms with E-state index < -0.39 is 0 Å². The van der Waals surface area contributed by atoms with Crippen molar-refractivity contribution in [2.24, 2.45) is 0 Å². The van der Waals surface area contributed by atoms with Gasteiger partial charge in [-0.2, -0.15) is 0 Å². The number of aromatic nitrogens is 3. The van der Waals surface area contributed by atoms with Gasteiger partial charge in [0.05, 0.1) is 27.8 Å². The Hall–Kier alpha value is -6.52. The van der Waals surface area contributed by atoms with E-state index in [0.29, 0.717) is 5.82 Å². The van der Waals surface area contributed by atoms with E-state index in [-0.39, 0.29) is 0 Å². The highest BCUT2D eigenvalue weighted by molar-refractivity contribution is 6.24. The molecule has 0 fully saturated rings. The molecule has 0 saturated carbocycles. The molecule has 4 nitrogen and oxygen atoms in total. The van der Waals surface area contributed by atoms with Crippen LogP contribution in [0.1, 0.15) is 0 Å². The third kappa shape index (κ3) is 4.03. The summed E-state index contributed by atoms with van der Waals surface area (Å²) in [6.45, 7) is 0. The first-order valence-electron chi connectivity index (χ1n) is 16.2. The van der Waals surface area contributed by atoms with Crippen LogP contribution in [-0.2, 0) is 0 Å². The third-order valence-electron chi connectivity index (χ3n) is 9.42. The molecule has 3 heterocycles. The molecule has 0 unspecified atom stereocenters. The molecule has 0 atom stereocenters. The third-order valence-corrected chi connectivity index (χ3v) is 9.42. The molecule has 0 N–H and O–H groups in total. The summed E-state index contributed by atoms with van der Waals surface area (Å²) in [7, 11) is 0. The Balaban J connectivity index is 1.26. The summed E-state index contributed by atoms with van der Waals surface area (Å²) in [5.41, 5.74) is 9.74. The fraction of sp³-hybridized carbons (Fsp3) is 0. The van der Waals surface area contributed by atoms with Gasteiger partial charge in [0.2, 0.25) is 0 Å². The first-order valence-corrected chi connectivity index (χ1v) is 16.2. The molecule has 4 heteroatoms. The molecule has 0 aliphatic heterocycles. The van der Waals surface area contributed by atoms with Gasteiger partial charge in [0, 0.05) is 38.5 Å². The quantitative estimate of drug-likeness (QED) is 0.198. The number of para-hydroxylation sites is 3. The molecule has 224 valence electrons. The highest BCUT2D eigenvalue weighted by atomic mass is 16.3. The number of rotatable bonds is 4. The summed E-state index contributed by atoms with van der Waals surface area (Å²) in [5, 5.41) is 6.69. The number of nitrogens with zero attached hydrogens (tertiary/aromatic N) is 3. The van der Waals surface area contributed by atoms with Gasteiger partial charge in [-0.3, -0.25) is 0 Å². The van der Waals surface area contributed by atoms with Crippen LogP contribution in [-0.4, -0.2) is 14.5 Å². The average molecular weight is 614 g/mol. The topological polar surface area (TPSA) is 43.9 Å². The van der Waals surface area contributed by atoms with Crippen molar-refractivity contribution < 1.29 is 4.42 Å². The molecule has 0 aliphatic rings. The maximum absolute atomic E-state index is 7.00. The molecule has 0 amide bonds. The summed E-state index contributed by atoms with van der Waals surface area (Å²) in [6, 6.07) is 57.0. The van der Waals surface area contributed by atoms with Gasteiger partial charge >= 0.3 is 0 Å². The minimum Gasteiger partial charge on any atom is -0.455 e. The van der Waals surface area contributed by atoms with Crippen LogP contribution in [0.2, 0.25) is 0 Å². The van der Waals surface area contributed by atoms with Crippen LogP contribution in [0.25, 0.3) is 94.1 Å². The second-order valence-electron chi connectivity index (χ2n) is 12.2. The number of furan rings is 1. The fourth-order valence-electron chi connectivity index (χ4n) is 7.25.